The summed E-state index contributed by atoms with van der Waals surface area (Å²) in [6.45, 7) is 1.96. The molecule has 0 bridgehead atoms. The number of rotatable bonds is 8. The van der Waals surface area contributed by atoms with Gasteiger partial charge in [0.1, 0.15) is 18.8 Å². The second-order valence-corrected chi connectivity index (χ2v) is 8.47. The number of ether oxygens (including phenoxy) is 3. The molecule has 12 heteroatoms. The summed E-state index contributed by atoms with van der Waals surface area (Å²) in [5.74, 6) is 2.29. The Labute approximate surface area is 207 Å². The van der Waals surface area contributed by atoms with Crippen molar-refractivity contribution in [2.24, 2.45) is 0 Å². The number of aromatic nitrogens is 4. The fraction of sp³-hybridized carbons (Fsp3) is 0.375. The fourth-order valence-electron chi connectivity index (χ4n) is 4.31. The Bertz CT molecular complexity index is 1220. The van der Waals surface area contributed by atoms with Crippen molar-refractivity contribution in [2.45, 2.75) is 19.0 Å². The van der Waals surface area contributed by atoms with E-state index < -0.39 is 0 Å². The van der Waals surface area contributed by atoms with Crippen LogP contribution in [0.25, 0.3) is 5.95 Å². The van der Waals surface area contributed by atoms with Crippen LogP contribution in [0.4, 0.5) is 5.82 Å². The Morgan fingerprint density at radius 3 is 2.89 bits per heavy atom. The van der Waals surface area contributed by atoms with E-state index in [0.717, 1.165) is 5.56 Å². The van der Waals surface area contributed by atoms with Crippen molar-refractivity contribution in [1.82, 2.24) is 29.7 Å². The van der Waals surface area contributed by atoms with Crippen molar-refractivity contribution >= 4 is 17.6 Å². The SMILES string of the molecule is COCC(=O)N1CCN(c2ccnc(-n3ccnc3)n2)C(CC(=O)NCc2ccc3c(c2)OCO3)C1. The van der Waals surface area contributed by atoms with Crippen molar-refractivity contribution in [3.63, 3.8) is 0 Å². The summed E-state index contributed by atoms with van der Waals surface area (Å²) in [6, 6.07) is 7.12. The average Bonchev–Trinajstić information content (AvgIpc) is 3.60. The summed E-state index contributed by atoms with van der Waals surface area (Å²) in [7, 11) is 1.49. The van der Waals surface area contributed by atoms with E-state index in [4.69, 9.17) is 14.2 Å². The van der Waals surface area contributed by atoms with Crippen molar-refractivity contribution in [3.8, 4) is 17.4 Å². The second kappa shape index (κ2) is 10.6. The number of imidazole rings is 1. The fourth-order valence-corrected chi connectivity index (χ4v) is 4.31. The minimum Gasteiger partial charge on any atom is -0.454 e. The van der Waals surface area contributed by atoms with Crippen LogP contribution in [0.3, 0.4) is 0 Å². The molecule has 0 saturated carbocycles. The molecule has 36 heavy (non-hydrogen) atoms. The zero-order valence-electron chi connectivity index (χ0n) is 19.9. The van der Waals surface area contributed by atoms with Crippen LogP contribution < -0.4 is 19.7 Å². The second-order valence-electron chi connectivity index (χ2n) is 8.47. The van der Waals surface area contributed by atoms with E-state index in [-0.39, 0.29) is 37.7 Å². The topological polar surface area (TPSA) is 124 Å². The van der Waals surface area contributed by atoms with Gasteiger partial charge in [-0.3, -0.25) is 14.2 Å². The van der Waals surface area contributed by atoms with E-state index in [1.807, 2.05) is 24.3 Å². The lowest BCUT2D eigenvalue weighted by molar-refractivity contribution is -0.136. The van der Waals surface area contributed by atoms with Crippen LogP contribution in [-0.2, 0) is 20.9 Å². The number of fused-ring (bicyclic) bond motifs is 1. The Balaban J connectivity index is 1.29. The number of hydrogen-bond donors (Lipinski definition) is 1. The highest BCUT2D eigenvalue weighted by molar-refractivity contribution is 5.79. The Kier molecular flexibility index (Phi) is 6.94. The molecule has 0 aliphatic carbocycles. The molecular weight excluding hydrogens is 466 g/mol. The first-order valence-corrected chi connectivity index (χ1v) is 11.6. The van der Waals surface area contributed by atoms with Crippen LogP contribution >= 0.6 is 0 Å². The van der Waals surface area contributed by atoms with Crippen LogP contribution in [0.5, 0.6) is 11.5 Å². The first-order valence-electron chi connectivity index (χ1n) is 11.6. The number of benzene rings is 1. The molecule has 2 aliphatic heterocycles. The molecule has 5 rings (SSSR count). The van der Waals surface area contributed by atoms with Gasteiger partial charge in [-0.25, -0.2) is 9.97 Å². The van der Waals surface area contributed by atoms with E-state index in [0.29, 0.717) is 49.4 Å². The Morgan fingerprint density at radius 1 is 1.17 bits per heavy atom. The van der Waals surface area contributed by atoms with E-state index in [2.05, 4.69) is 25.2 Å². The number of carbonyl (C=O) groups is 2. The maximum atomic E-state index is 13.0. The van der Waals surface area contributed by atoms with Gasteiger partial charge in [0.2, 0.25) is 24.6 Å². The molecule has 1 unspecified atom stereocenters. The van der Waals surface area contributed by atoms with Gasteiger partial charge < -0.3 is 29.3 Å². The third kappa shape index (κ3) is 5.23. The summed E-state index contributed by atoms with van der Waals surface area (Å²) in [5, 5.41) is 2.98. The lowest BCUT2D eigenvalue weighted by Crippen LogP contribution is -2.57. The van der Waals surface area contributed by atoms with Gasteiger partial charge in [0, 0.05) is 58.3 Å². The minimum absolute atomic E-state index is 0.00130. The molecule has 1 N–H and O–H groups in total. The van der Waals surface area contributed by atoms with Gasteiger partial charge in [-0.15, -0.1) is 0 Å². The molecule has 1 atom stereocenters. The molecule has 2 aromatic heterocycles. The summed E-state index contributed by atoms with van der Waals surface area (Å²) in [4.78, 5) is 42.3. The van der Waals surface area contributed by atoms with Gasteiger partial charge >= 0.3 is 0 Å². The summed E-state index contributed by atoms with van der Waals surface area (Å²) in [5.41, 5.74) is 0.908. The normalized spacial score (nSPS) is 16.8. The highest BCUT2D eigenvalue weighted by Gasteiger charge is 2.32. The monoisotopic (exact) mass is 493 g/mol. The van der Waals surface area contributed by atoms with Gasteiger partial charge in [0.15, 0.2) is 11.5 Å². The van der Waals surface area contributed by atoms with Crippen LogP contribution in [0, 0.1) is 0 Å². The van der Waals surface area contributed by atoms with Gasteiger partial charge in [-0.1, -0.05) is 6.07 Å². The first-order chi connectivity index (χ1) is 17.6. The summed E-state index contributed by atoms with van der Waals surface area (Å²) >= 11 is 0. The number of nitrogens with zero attached hydrogens (tertiary/aromatic N) is 6. The number of nitrogens with one attached hydrogen (secondary N) is 1. The predicted octanol–water partition coefficient (Wildman–Crippen LogP) is 0.761. The first kappa shape index (κ1) is 23.5. The molecular formula is C24H27N7O5. The molecule has 4 heterocycles. The number of amides is 2. The van der Waals surface area contributed by atoms with Crippen LogP contribution in [0.1, 0.15) is 12.0 Å². The van der Waals surface area contributed by atoms with Crippen LogP contribution in [-0.4, -0.2) is 82.4 Å². The highest BCUT2D eigenvalue weighted by Crippen LogP contribution is 2.32. The highest BCUT2D eigenvalue weighted by atomic mass is 16.7. The molecule has 12 nitrogen and oxygen atoms in total. The van der Waals surface area contributed by atoms with Crippen molar-refractivity contribution in [1.29, 1.82) is 0 Å². The third-order valence-corrected chi connectivity index (χ3v) is 6.11. The molecule has 2 amide bonds. The van der Waals surface area contributed by atoms with Gasteiger partial charge in [-0.05, 0) is 23.8 Å². The number of hydrogen-bond acceptors (Lipinski definition) is 9. The minimum atomic E-state index is -0.276. The molecule has 0 radical (unpaired) electrons. The van der Waals surface area contributed by atoms with E-state index in [9.17, 15) is 9.59 Å². The maximum Gasteiger partial charge on any atom is 0.248 e. The summed E-state index contributed by atoms with van der Waals surface area (Å²) < 4.78 is 17.5. The van der Waals surface area contributed by atoms with Crippen molar-refractivity contribution < 1.29 is 23.8 Å². The van der Waals surface area contributed by atoms with Gasteiger partial charge in [0.05, 0.1) is 6.04 Å². The van der Waals surface area contributed by atoms with E-state index in [1.165, 1.54) is 7.11 Å². The van der Waals surface area contributed by atoms with Gasteiger partial charge in [0.25, 0.3) is 0 Å². The largest absolute Gasteiger partial charge is 0.454 e. The van der Waals surface area contributed by atoms with E-state index >= 15 is 0 Å². The zero-order valence-corrected chi connectivity index (χ0v) is 19.9. The lowest BCUT2D eigenvalue weighted by atomic mass is 10.1. The number of anilines is 1. The molecule has 1 aromatic carbocycles. The molecule has 2 aliphatic rings. The van der Waals surface area contributed by atoms with Crippen molar-refractivity contribution in [3.05, 3.63) is 54.7 Å². The predicted molar refractivity (Wildman–Crippen MR) is 128 cm³/mol. The third-order valence-electron chi connectivity index (χ3n) is 6.11. The Morgan fingerprint density at radius 2 is 2.06 bits per heavy atom. The quantitative estimate of drug-likeness (QED) is 0.484. The molecule has 3 aromatic rings. The number of carbonyl (C=O) groups excluding carboxylic acids is 2. The Hall–Kier alpha value is -4.19. The molecule has 1 saturated heterocycles. The molecule has 1 fully saturated rings. The van der Waals surface area contributed by atoms with Crippen LogP contribution in [0.15, 0.2) is 49.2 Å². The molecule has 188 valence electrons. The lowest BCUT2D eigenvalue weighted by Gasteiger charge is -2.42. The standard InChI is InChI=1S/C24H27N7O5/c1-34-14-23(33)29-8-9-31(21-4-5-26-24(28-21)30-7-6-25-15-30)18(13-29)11-22(32)27-12-17-2-3-19-20(10-17)36-16-35-19/h2-7,10,15,18H,8-9,11-14,16H2,1H3,(H,27,32). The van der Waals surface area contributed by atoms with Crippen molar-refractivity contribution in [2.75, 3.05) is 45.0 Å². The smallest absolute Gasteiger partial charge is 0.248 e. The van der Waals surface area contributed by atoms with Crippen LogP contribution in [0.2, 0.25) is 0 Å². The number of methoxy groups -OCH3 is 1. The maximum absolute atomic E-state index is 13.0. The summed E-state index contributed by atoms with van der Waals surface area (Å²) in [6.07, 6.45) is 6.91. The van der Waals surface area contributed by atoms with E-state index in [1.54, 1.807) is 34.4 Å². The number of piperazine rings is 1. The average molecular weight is 494 g/mol. The zero-order chi connectivity index (χ0) is 24.9. The van der Waals surface area contributed by atoms with Gasteiger partial charge in [-0.2, -0.15) is 4.98 Å². The molecule has 0 spiro atoms.